The van der Waals surface area contributed by atoms with E-state index in [1.807, 2.05) is 0 Å². The summed E-state index contributed by atoms with van der Waals surface area (Å²) in [7, 11) is 0. The van der Waals surface area contributed by atoms with E-state index in [-0.39, 0.29) is 17.8 Å². The Balaban J connectivity index is 0.00000121. The third-order valence-corrected chi connectivity index (χ3v) is 5.22. The van der Waals surface area contributed by atoms with Gasteiger partial charge in [0.15, 0.2) is 0 Å². The second kappa shape index (κ2) is 4.87. The number of halogens is 2. The van der Waals surface area contributed by atoms with Crippen LogP contribution in [0.5, 0.6) is 0 Å². The van der Waals surface area contributed by atoms with Crippen molar-refractivity contribution in [1.82, 2.24) is 5.32 Å². The van der Waals surface area contributed by atoms with Crippen LogP contribution in [0.3, 0.4) is 0 Å². The molecule has 3 aliphatic rings. The molecule has 3 heteroatoms. The zero-order chi connectivity index (χ0) is 13.0. The van der Waals surface area contributed by atoms with Crippen LogP contribution in [0.15, 0.2) is 46.9 Å². The molecule has 2 aromatic rings. The van der Waals surface area contributed by atoms with Gasteiger partial charge in [-0.05, 0) is 40.8 Å². The third kappa shape index (κ3) is 1.86. The summed E-state index contributed by atoms with van der Waals surface area (Å²) >= 11 is 3.63. The van der Waals surface area contributed by atoms with E-state index in [0.717, 1.165) is 13.0 Å². The molecule has 0 unspecified atom stereocenters. The van der Waals surface area contributed by atoms with E-state index >= 15 is 0 Å². The lowest BCUT2D eigenvalue weighted by atomic mass is 9.72. The number of fused-ring (bicyclic) bond motifs is 1. The maximum absolute atomic E-state index is 3.73. The Hall–Kier alpha value is -0.830. The van der Waals surface area contributed by atoms with Crippen molar-refractivity contribution in [3.05, 3.63) is 69.2 Å². The molecule has 2 aliphatic heterocycles. The molecular weight excluding hydrogens is 334 g/mol. The van der Waals surface area contributed by atoms with Crippen molar-refractivity contribution in [2.75, 3.05) is 6.54 Å². The molecule has 0 radical (unpaired) electrons. The molecule has 0 aromatic heterocycles. The Morgan fingerprint density at radius 1 is 1.15 bits per heavy atom. The first-order valence-electron chi connectivity index (χ1n) is 6.80. The summed E-state index contributed by atoms with van der Waals surface area (Å²) in [6.07, 6.45) is 1.09. The highest BCUT2D eigenvalue weighted by atomic mass is 79.9. The first-order chi connectivity index (χ1) is 9.18. The topological polar surface area (TPSA) is 12.0 Å². The summed E-state index contributed by atoms with van der Waals surface area (Å²) in [4.78, 5) is 0. The van der Waals surface area contributed by atoms with Crippen molar-refractivity contribution >= 4 is 28.3 Å². The van der Waals surface area contributed by atoms with Gasteiger partial charge in [-0.3, -0.25) is 0 Å². The molecule has 2 atom stereocenters. The van der Waals surface area contributed by atoms with Gasteiger partial charge in [0.2, 0.25) is 0 Å². The van der Waals surface area contributed by atoms with Gasteiger partial charge in [0.1, 0.15) is 0 Å². The zero-order valence-corrected chi connectivity index (χ0v) is 13.7. The van der Waals surface area contributed by atoms with Gasteiger partial charge in [-0.2, -0.15) is 0 Å². The molecule has 2 aromatic carbocycles. The highest BCUT2D eigenvalue weighted by Crippen LogP contribution is 2.46. The Morgan fingerprint density at radius 2 is 1.95 bits per heavy atom. The molecule has 1 nitrogen and oxygen atoms in total. The summed E-state index contributed by atoms with van der Waals surface area (Å²) in [5.41, 5.74) is 6.01. The lowest BCUT2D eigenvalue weighted by molar-refractivity contribution is 0.425. The fourth-order valence-corrected chi connectivity index (χ4v) is 4.08. The van der Waals surface area contributed by atoms with E-state index in [9.17, 15) is 0 Å². The maximum Gasteiger partial charge on any atom is 0.0364 e. The largest absolute Gasteiger partial charge is 0.308 e. The first-order valence-corrected chi connectivity index (χ1v) is 7.59. The van der Waals surface area contributed by atoms with Gasteiger partial charge in [-0.1, -0.05) is 53.2 Å². The minimum absolute atomic E-state index is 0. The third-order valence-electron chi connectivity index (χ3n) is 4.72. The SMILES string of the molecule is C[C@@]12CN[C@@H](Cc3ccc(Br)cc31)c1ccccc12.Cl. The fraction of sp³-hybridized carbons (Fsp3) is 0.294. The summed E-state index contributed by atoms with van der Waals surface area (Å²) in [5.74, 6) is 0. The van der Waals surface area contributed by atoms with Crippen LogP contribution >= 0.6 is 28.3 Å². The molecule has 0 saturated carbocycles. The summed E-state index contributed by atoms with van der Waals surface area (Å²) in [5, 5.41) is 3.73. The predicted molar refractivity (Wildman–Crippen MR) is 88.7 cm³/mol. The fourth-order valence-electron chi connectivity index (χ4n) is 3.72. The summed E-state index contributed by atoms with van der Waals surface area (Å²) in [6.45, 7) is 3.39. The second-order valence-electron chi connectivity index (χ2n) is 5.86. The van der Waals surface area contributed by atoms with Gasteiger partial charge in [-0.15, -0.1) is 12.4 Å². The molecule has 0 spiro atoms. The van der Waals surface area contributed by atoms with E-state index in [4.69, 9.17) is 0 Å². The molecule has 1 N–H and O–H groups in total. The number of nitrogens with one attached hydrogen (secondary N) is 1. The minimum Gasteiger partial charge on any atom is -0.308 e. The molecule has 5 rings (SSSR count). The predicted octanol–water partition coefficient (Wildman–Crippen LogP) is 4.38. The number of rotatable bonds is 0. The van der Waals surface area contributed by atoms with E-state index in [2.05, 4.69) is 70.6 Å². The van der Waals surface area contributed by atoms with Gasteiger partial charge in [0.05, 0.1) is 0 Å². The van der Waals surface area contributed by atoms with Crippen LogP contribution in [0.4, 0.5) is 0 Å². The molecule has 0 saturated heterocycles. The lowest BCUT2D eigenvalue weighted by Gasteiger charge is -2.37. The highest BCUT2D eigenvalue weighted by Gasteiger charge is 2.41. The number of hydrogen-bond donors (Lipinski definition) is 1. The normalized spacial score (nSPS) is 26.2. The van der Waals surface area contributed by atoms with Crippen LogP contribution < -0.4 is 5.32 Å². The minimum atomic E-state index is 0. The van der Waals surface area contributed by atoms with Crippen LogP contribution in [0.1, 0.15) is 35.2 Å². The Labute approximate surface area is 134 Å². The summed E-state index contributed by atoms with van der Waals surface area (Å²) in [6, 6.07) is 16.1. The van der Waals surface area contributed by atoms with E-state index in [1.165, 1.54) is 26.7 Å². The highest BCUT2D eigenvalue weighted by molar-refractivity contribution is 9.10. The van der Waals surface area contributed by atoms with Gasteiger partial charge < -0.3 is 5.32 Å². The van der Waals surface area contributed by atoms with Crippen molar-refractivity contribution in [1.29, 1.82) is 0 Å². The standard InChI is InChI=1S/C17H16BrN.ClH/c1-17-10-19-16(13-4-2-3-5-14(13)17)8-11-6-7-12(18)9-15(11)17;/h2-7,9,16,19H,8,10H2,1H3;1H/t16-,17-;/m0./s1. The Kier molecular flexibility index (Phi) is 3.44. The average Bonchev–Trinajstić information content (AvgIpc) is 2.63. The second-order valence-corrected chi connectivity index (χ2v) is 6.77. The Bertz CT molecular complexity index is 670. The zero-order valence-electron chi connectivity index (χ0n) is 11.3. The maximum atomic E-state index is 3.73. The molecule has 0 fully saturated rings. The molecule has 20 heavy (non-hydrogen) atoms. The molecule has 2 heterocycles. The van der Waals surface area contributed by atoms with Gasteiger partial charge >= 0.3 is 0 Å². The van der Waals surface area contributed by atoms with Crippen molar-refractivity contribution in [3.8, 4) is 0 Å². The van der Waals surface area contributed by atoms with E-state index in [0.29, 0.717) is 6.04 Å². The first kappa shape index (κ1) is 14.1. The molecule has 2 bridgehead atoms. The van der Waals surface area contributed by atoms with Crippen LogP contribution in [0.25, 0.3) is 0 Å². The van der Waals surface area contributed by atoms with Crippen LogP contribution in [0.2, 0.25) is 0 Å². The average molecular weight is 351 g/mol. The number of benzene rings is 2. The van der Waals surface area contributed by atoms with Crippen molar-refractivity contribution in [2.45, 2.75) is 24.8 Å². The van der Waals surface area contributed by atoms with Crippen molar-refractivity contribution in [3.63, 3.8) is 0 Å². The van der Waals surface area contributed by atoms with Crippen LogP contribution in [-0.2, 0) is 11.8 Å². The van der Waals surface area contributed by atoms with Gasteiger partial charge in [0, 0.05) is 22.5 Å². The lowest BCUT2D eigenvalue weighted by Crippen LogP contribution is -2.42. The quantitative estimate of drug-likeness (QED) is 0.743. The van der Waals surface area contributed by atoms with Crippen molar-refractivity contribution < 1.29 is 0 Å². The smallest absolute Gasteiger partial charge is 0.0364 e. The molecular formula is C17H17BrClN. The van der Waals surface area contributed by atoms with Crippen LogP contribution in [-0.4, -0.2) is 6.54 Å². The molecule has 1 aliphatic carbocycles. The Morgan fingerprint density at radius 3 is 2.80 bits per heavy atom. The van der Waals surface area contributed by atoms with Crippen molar-refractivity contribution in [2.24, 2.45) is 0 Å². The van der Waals surface area contributed by atoms with Gasteiger partial charge in [-0.25, -0.2) is 0 Å². The molecule has 0 amide bonds. The summed E-state index contributed by atoms with van der Waals surface area (Å²) < 4.78 is 1.18. The monoisotopic (exact) mass is 349 g/mol. The van der Waals surface area contributed by atoms with E-state index < -0.39 is 0 Å². The molecule has 104 valence electrons. The van der Waals surface area contributed by atoms with Gasteiger partial charge in [0.25, 0.3) is 0 Å². The number of hydrogen-bond acceptors (Lipinski definition) is 1. The van der Waals surface area contributed by atoms with Crippen LogP contribution in [0, 0.1) is 0 Å². The van der Waals surface area contributed by atoms with E-state index in [1.54, 1.807) is 0 Å².